The maximum atomic E-state index is 13.0. The Morgan fingerprint density at radius 3 is 2.45 bits per heavy atom. The predicted molar refractivity (Wildman–Crippen MR) is 112 cm³/mol. The largest absolute Gasteiger partial charge is 0.341 e. The number of carbonyl (C=O) groups excluding carboxylic acids is 2. The Bertz CT molecular complexity index is 720. The number of pyridine rings is 1. The molecular weight excluding hydrogens is 364 g/mol. The summed E-state index contributed by atoms with van der Waals surface area (Å²) in [5.41, 5.74) is 0.948. The minimum atomic E-state index is 0.0826. The molecule has 0 atom stereocenters. The normalized spacial score (nSPS) is 23.1. The Labute approximate surface area is 174 Å². The highest BCUT2D eigenvalue weighted by Gasteiger charge is 2.49. The van der Waals surface area contributed by atoms with Crippen molar-refractivity contribution >= 4 is 11.8 Å². The van der Waals surface area contributed by atoms with Crippen molar-refractivity contribution in [3.8, 4) is 0 Å². The molecule has 158 valence electrons. The van der Waals surface area contributed by atoms with Crippen LogP contribution in [0.3, 0.4) is 0 Å². The van der Waals surface area contributed by atoms with Crippen molar-refractivity contribution < 1.29 is 9.59 Å². The molecule has 1 aliphatic carbocycles. The maximum absolute atomic E-state index is 13.0. The number of likely N-dealkylation sites (tertiary alicyclic amines) is 1. The van der Waals surface area contributed by atoms with Gasteiger partial charge in [0, 0.05) is 63.6 Å². The van der Waals surface area contributed by atoms with E-state index in [1.54, 1.807) is 12.4 Å². The molecule has 1 aromatic rings. The first-order valence-electron chi connectivity index (χ1n) is 11.2. The van der Waals surface area contributed by atoms with Crippen molar-refractivity contribution in [3.05, 3.63) is 30.1 Å². The second kappa shape index (κ2) is 8.42. The quantitative estimate of drug-likeness (QED) is 0.786. The molecular formula is C23H34N4O2. The molecule has 3 fully saturated rings. The molecule has 29 heavy (non-hydrogen) atoms. The third-order valence-corrected chi connectivity index (χ3v) is 7.30. The highest BCUT2D eigenvalue weighted by Crippen LogP contribution is 2.53. The molecule has 3 heterocycles. The molecule has 4 rings (SSSR count). The van der Waals surface area contributed by atoms with Crippen molar-refractivity contribution in [3.63, 3.8) is 0 Å². The summed E-state index contributed by atoms with van der Waals surface area (Å²) in [6.07, 6.45) is 8.46. The van der Waals surface area contributed by atoms with Crippen LogP contribution in [0.5, 0.6) is 0 Å². The maximum Gasteiger partial charge on any atom is 0.255 e. The van der Waals surface area contributed by atoms with Gasteiger partial charge in [-0.3, -0.25) is 19.5 Å². The third-order valence-electron chi connectivity index (χ3n) is 7.30. The van der Waals surface area contributed by atoms with Crippen molar-refractivity contribution in [2.24, 2.45) is 11.3 Å². The lowest BCUT2D eigenvalue weighted by atomic mass is 9.57. The minimum absolute atomic E-state index is 0.0826. The topological polar surface area (TPSA) is 56.8 Å². The molecule has 6 heteroatoms. The van der Waals surface area contributed by atoms with Crippen LogP contribution in [0.15, 0.2) is 24.5 Å². The van der Waals surface area contributed by atoms with E-state index in [0.717, 1.165) is 71.4 Å². The predicted octanol–water partition coefficient (Wildman–Crippen LogP) is 2.66. The van der Waals surface area contributed by atoms with Gasteiger partial charge < -0.3 is 9.80 Å². The third kappa shape index (κ3) is 4.32. The molecule has 0 radical (unpaired) electrons. The van der Waals surface area contributed by atoms with E-state index in [1.807, 2.05) is 17.0 Å². The molecule has 0 aromatic carbocycles. The summed E-state index contributed by atoms with van der Waals surface area (Å²) in [6, 6.07) is 4.19. The lowest BCUT2D eigenvalue weighted by Gasteiger charge is -2.52. The summed E-state index contributed by atoms with van der Waals surface area (Å²) in [6.45, 7) is 9.91. The van der Waals surface area contributed by atoms with E-state index in [4.69, 9.17) is 0 Å². The van der Waals surface area contributed by atoms with Gasteiger partial charge in [0.15, 0.2) is 0 Å². The Hall–Kier alpha value is -1.95. The molecule has 0 N–H and O–H groups in total. The van der Waals surface area contributed by atoms with E-state index in [-0.39, 0.29) is 17.2 Å². The summed E-state index contributed by atoms with van der Waals surface area (Å²) in [5, 5.41) is 0. The van der Waals surface area contributed by atoms with Crippen LogP contribution in [0, 0.1) is 11.3 Å². The zero-order valence-corrected chi connectivity index (χ0v) is 17.8. The van der Waals surface area contributed by atoms with Crippen LogP contribution in [-0.2, 0) is 4.79 Å². The van der Waals surface area contributed by atoms with Gasteiger partial charge in [-0.05, 0) is 63.5 Å². The number of rotatable bonds is 3. The van der Waals surface area contributed by atoms with Gasteiger partial charge in [-0.2, -0.15) is 0 Å². The highest BCUT2D eigenvalue weighted by molar-refractivity contribution is 5.94. The average Bonchev–Trinajstić information content (AvgIpc) is 2.98. The smallest absolute Gasteiger partial charge is 0.255 e. The van der Waals surface area contributed by atoms with E-state index in [9.17, 15) is 9.59 Å². The Morgan fingerprint density at radius 1 is 1.03 bits per heavy atom. The minimum Gasteiger partial charge on any atom is -0.341 e. The standard InChI is InChI=1S/C23H34N4O2/c1-18(2)25-9-4-10-26(14-13-25)22(29)20-15-23(16-20)6-11-27(12-7-23)21(28)19-5-3-8-24-17-19/h3,5,8,17-18,20H,4,6-7,9-16H2,1-2H3. The number of nitrogens with zero attached hydrogens (tertiary/aromatic N) is 4. The molecule has 0 unspecified atom stereocenters. The van der Waals surface area contributed by atoms with Gasteiger partial charge >= 0.3 is 0 Å². The van der Waals surface area contributed by atoms with Crippen molar-refractivity contribution in [2.45, 2.75) is 52.0 Å². The number of hydrogen-bond acceptors (Lipinski definition) is 4. The Kier molecular flexibility index (Phi) is 5.91. The van der Waals surface area contributed by atoms with Crippen LogP contribution in [0.2, 0.25) is 0 Å². The molecule has 0 bridgehead atoms. The van der Waals surface area contributed by atoms with Crippen LogP contribution < -0.4 is 0 Å². The molecule has 2 aliphatic heterocycles. The van der Waals surface area contributed by atoms with Gasteiger partial charge in [0.1, 0.15) is 0 Å². The summed E-state index contributed by atoms with van der Waals surface area (Å²) in [4.78, 5) is 36.3. The van der Waals surface area contributed by atoms with E-state index in [1.165, 1.54) is 0 Å². The first-order chi connectivity index (χ1) is 14.0. The van der Waals surface area contributed by atoms with Crippen LogP contribution in [0.25, 0.3) is 0 Å². The summed E-state index contributed by atoms with van der Waals surface area (Å²) >= 11 is 0. The molecule has 1 saturated carbocycles. The molecule has 2 saturated heterocycles. The first-order valence-corrected chi connectivity index (χ1v) is 11.2. The number of hydrogen-bond donors (Lipinski definition) is 0. The molecule has 1 aromatic heterocycles. The van der Waals surface area contributed by atoms with E-state index in [0.29, 0.717) is 17.5 Å². The fraction of sp³-hybridized carbons (Fsp3) is 0.696. The van der Waals surface area contributed by atoms with Crippen LogP contribution in [-0.4, -0.2) is 76.8 Å². The van der Waals surface area contributed by atoms with Crippen LogP contribution >= 0.6 is 0 Å². The SMILES string of the molecule is CC(C)N1CCCN(C(=O)C2CC3(CCN(C(=O)c4cccnc4)CC3)C2)CC1. The average molecular weight is 399 g/mol. The summed E-state index contributed by atoms with van der Waals surface area (Å²) in [7, 11) is 0. The van der Waals surface area contributed by atoms with Gasteiger partial charge in [0.05, 0.1) is 5.56 Å². The Balaban J connectivity index is 1.26. The molecule has 2 amide bonds. The number of aromatic nitrogens is 1. The molecule has 6 nitrogen and oxygen atoms in total. The second-order valence-electron chi connectivity index (χ2n) is 9.45. The van der Waals surface area contributed by atoms with Crippen molar-refractivity contribution in [1.29, 1.82) is 0 Å². The van der Waals surface area contributed by atoms with Crippen LogP contribution in [0.4, 0.5) is 0 Å². The van der Waals surface area contributed by atoms with Gasteiger partial charge in [0.25, 0.3) is 5.91 Å². The highest BCUT2D eigenvalue weighted by atomic mass is 16.2. The van der Waals surface area contributed by atoms with Crippen LogP contribution in [0.1, 0.15) is 56.3 Å². The molecule has 3 aliphatic rings. The number of carbonyl (C=O) groups is 2. The lowest BCUT2D eigenvalue weighted by molar-refractivity contribution is -0.145. The van der Waals surface area contributed by atoms with Gasteiger partial charge in [0.2, 0.25) is 5.91 Å². The monoisotopic (exact) mass is 398 g/mol. The summed E-state index contributed by atoms with van der Waals surface area (Å²) < 4.78 is 0. The fourth-order valence-electron chi connectivity index (χ4n) is 5.36. The van der Waals surface area contributed by atoms with E-state index < -0.39 is 0 Å². The van der Waals surface area contributed by atoms with E-state index >= 15 is 0 Å². The number of amides is 2. The fourth-order valence-corrected chi connectivity index (χ4v) is 5.36. The Morgan fingerprint density at radius 2 is 1.79 bits per heavy atom. The lowest BCUT2D eigenvalue weighted by Crippen LogP contribution is -2.53. The zero-order chi connectivity index (χ0) is 20.4. The summed E-state index contributed by atoms with van der Waals surface area (Å²) in [5.74, 6) is 0.649. The number of piperidine rings is 1. The van der Waals surface area contributed by atoms with Crippen molar-refractivity contribution in [2.75, 3.05) is 39.3 Å². The van der Waals surface area contributed by atoms with Gasteiger partial charge in [-0.1, -0.05) is 0 Å². The van der Waals surface area contributed by atoms with Gasteiger partial charge in [-0.25, -0.2) is 0 Å². The van der Waals surface area contributed by atoms with Crippen molar-refractivity contribution in [1.82, 2.24) is 19.7 Å². The molecule has 1 spiro atoms. The first kappa shape index (κ1) is 20.3. The second-order valence-corrected chi connectivity index (χ2v) is 9.45. The van der Waals surface area contributed by atoms with Gasteiger partial charge in [-0.15, -0.1) is 0 Å². The van der Waals surface area contributed by atoms with E-state index in [2.05, 4.69) is 28.6 Å². The zero-order valence-electron chi connectivity index (χ0n) is 17.8.